The number of benzene rings is 1. The number of nitrogens with one attached hydrogen (secondary N) is 2. The molecule has 23 heavy (non-hydrogen) atoms. The van der Waals surface area contributed by atoms with Gasteiger partial charge in [-0.25, -0.2) is 4.79 Å². The Kier molecular flexibility index (Phi) is 4.83. The first-order valence-corrected chi connectivity index (χ1v) is 8.52. The molecule has 0 aliphatic carbocycles. The van der Waals surface area contributed by atoms with Gasteiger partial charge in [0.05, 0.1) is 17.6 Å². The maximum Gasteiger partial charge on any atom is 0.319 e. The molecule has 0 fully saturated rings. The quantitative estimate of drug-likeness (QED) is 0.885. The van der Waals surface area contributed by atoms with Crippen LogP contribution in [0.5, 0.6) is 5.75 Å². The first-order valence-electron chi connectivity index (χ1n) is 7.64. The molecule has 1 aromatic heterocycles. The van der Waals surface area contributed by atoms with Crippen molar-refractivity contribution in [3.05, 3.63) is 46.8 Å². The summed E-state index contributed by atoms with van der Waals surface area (Å²) in [6.45, 7) is 1.30. The number of amides is 2. The average Bonchev–Trinajstić information content (AvgIpc) is 3.17. The number of thiophene rings is 1. The zero-order valence-corrected chi connectivity index (χ0v) is 14.2. The van der Waals surface area contributed by atoms with E-state index in [0.29, 0.717) is 6.54 Å². The fourth-order valence-electron chi connectivity index (χ4n) is 2.71. The molecule has 0 bridgehead atoms. The van der Waals surface area contributed by atoms with Crippen LogP contribution in [0.25, 0.3) is 0 Å². The van der Waals surface area contributed by atoms with E-state index in [1.807, 2.05) is 37.7 Å². The predicted molar refractivity (Wildman–Crippen MR) is 93.4 cm³/mol. The van der Waals surface area contributed by atoms with E-state index in [9.17, 15) is 4.79 Å². The number of hydrogen-bond donors (Lipinski definition) is 2. The molecule has 122 valence electrons. The molecule has 1 aliphatic heterocycles. The highest BCUT2D eigenvalue weighted by Gasteiger charge is 2.19. The maximum atomic E-state index is 12.0. The van der Waals surface area contributed by atoms with Gasteiger partial charge in [-0.1, -0.05) is 12.1 Å². The number of nitrogens with zero attached hydrogens (tertiary/aromatic N) is 1. The number of urea groups is 1. The standard InChI is InChI=1S/C17H21N3O2S/c1-20(2)14(11-18-17(21)19-16-4-3-9-23-16)12-5-6-15-13(10-12)7-8-22-15/h3-6,9-10,14H,7-8,11H2,1-2H3,(H2,18,19,21)/t14-/m1/s1. The molecule has 2 amide bonds. The van der Waals surface area contributed by atoms with Crippen LogP contribution in [0.1, 0.15) is 17.2 Å². The lowest BCUT2D eigenvalue weighted by Gasteiger charge is -2.25. The third kappa shape index (κ3) is 3.83. The van der Waals surface area contributed by atoms with Gasteiger partial charge < -0.3 is 15.0 Å². The Labute approximate surface area is 140 Å². The molecule has 1 atom stereocenters. The van der Waals surface area contributed by atoms with Crippen LogP contribution in [0.4, 0.5) is 9.80 Å². The van der Waals surface area contributed by atoms with Crippen molar-refractivity contribution in [1.82, 2.24) is 10.2 Å². The van der Waals surface area contributed by atoms with Crippen molar-refractivity contribution in [1.29, 1.82) is 0 Å². The average molecular weight is 331 g/mol. The fourth-order valence-corrected chi connectivity index (χ4v) is 3.32. The first kappa shape index (κ1) is 15.8. The molecule has 1 aromatic carbocycles. The monoisotopic (exact) mass is 331 g/mol. The van der Waals surface area contributed by atoms with Crippen LogP contribution in [-0.2, 0) is 6.42 Å². The largest absolute Gasteiger partial charge is 0.493 e. The van der Waals surface area contributed by atoms with E-state index in [1.54, 1.807) is 0 Å². The Balaban J connectivity index is 1.64. The molecule has 0 saturated carbocycles. The summed E-state index contributed by atoms with van der Waals surface area (Å²) in [5.74, 6) is 0.981. The number of anilines is 1. The third-order valence-corrected chi connectivity index (χ3v) is 4.72. The first-order chi connectivity index (χ1) is 11.1. The van der Waals surface area contributed by atoms with Gasteiger partial charge in [0, 0.05) is 13.0 Å². The number of carbonyl (C=O) groups excluding carboxylic acids is 1. The minimum absolute atomic E-state index is 0.120. The van der Waals surface area contributed by atoms with Crippen molar-refractivity contribution >= 4 is 22.4 Å². The van der Waals surface area contributed by atoms with Crippen molar-refractivity contribution in [2.24, 2.45) is 0 Å². The zero-order valence-electron chi connectivity index (χ0n) is 13.3. The molecule has 0 unspecified atom stereocenters. The Morgan fingerprint density at radius 1 is 1.39 bits per heavy atom. The molecule has 6 heteroatoms. The van der Waals surface area contributed by atoms with Crippen LogP contribution < -0.4 is 15.4 Å². The smallest absolute Gasteiger partial charge is 0.319 e. The number of carbonyl (C=O) groups is 1. The van der Waals surface area contributed by atoms with Crippen LogP contribution in [0, 0.1) is 0 Å². The van der Waals surface area contributed by atoms with Crippen LogP contribution in [0.3, 0.4) is 0 Å². The molecule has 5 nitrogen and oxygen atoms in total. The lowest BCUT2D eigenvalue weighted by molar-refractivity contribution is 0.243. The van der Waals surface area contributed by atoms with E-state index >= 15 is 0 Å². The van der Waals surface area contributed by atoms with Gasteiger partial charge in [0.2, 0.25) is 0 Å². The predicted octanol–water partition coefficient (Wildman–Crippen LogP) is 3.11. The van der Waals surface area contributed by atoms with Gasteiger partial charge in [-0.2, -0.15) is 0 Å². The second kappa shape index (κ2) is 7.02. The van der Waals surface area contributed by atoms with Crippen molar-refractivity contribution in [2.45, 2.75) is 12.5 Å². The van der Waals surface area contributed by atoms with E-state index in [1.165, 1.54) is 22.5 Å². The van der Waals surface area contributed by atoms with Gasteiger partial charge in [0.25, 0.3) is 0 Å². The Bertz CT molecular complexity index is 670. The molecule has 0 saturated heterocycles. The van der Waals surface area contributed by atoms with Crippen molar-refractivity contribution in [2.75, 3.05) is 32.6 Å². The molecular formula is C17H21N3O2S. The minimum Gasteiger partial charge on any atom is -0.493 e. The normalized spacial score (nSPS) is 14.2. The number of hydrogen-bond acceptors (Lipinski definition) is 4. The van der Waals surface area contributed by atoms with Gasteiger partial charge in [0.15, 0.2) is 0 Å². The van der Waals surface area contributed by atoms with Crippen LogP contribution in [0.15, 0.2) is 35.7 Å². The lowest BCUT2D eigenvalue weighted by Crippen LogP contribution is -2.36. The molecule has 2 heterocycles. The summed E-state index contributed by atoms with van der Waals surface area (Å²) in [5, 5.41) is 8.57. The van der Waals surface area contributed by atoms with Gasteiger partial charge in [-0.05, 0) is 48.8 Å². The Morgan fingerprint density at radius 2 is 2.26 bits per heavy atom. The molecule has 2 N–H and O–H groups in total. The number of rotatable bonds is 5. The van der Waals surface area contributed by atoms with E-state index in [2.05, 4.69) is 27.7 Å². The number of ether oxygens (including phenoxy) is 1. The molecular weight excluding hydrogens is 310 g/mol. The summed E-state index contributed by atoms with van der Waals surface area (Å²) in [4.78, 5) is 14.1. The summed E-state index contributed by atoms with van der Waals surface area (Å²) >= 11 is 1.51. The van der Waals surface area contributed by atoms with Crippen LogP contribution in [0.2, 0.25) is 0 Å². The van der Waals surface area contributed by atoms with Gasteiger partial charge >= 0.3 is 6.03 Å². The highest BCUT2D eigenvalue weighted by molar-refractivity contribution is 7.14. The van der Waals surface area contributed by atoms with E-state index in [0.717, 1.165) is 23.8 Å². The van der Waals surface area contributed by atoms with Crippen molar-refractivity contribution in [3.63, 3.8) is 0 Å². The molecule has 0 spiro atoms. The van der Waals surface area contributed by atoms with E-state index in [-0.39, 0.29) is 12.1 Å². The second-order valence-corrected chi connectivity index (χ2v) is 6.71. The second-order valence-electron chi connectivity index (χ2n) is 5.76. The molecule has 1 aliphatic rings. The van der Waals surface area contributed by atoms with Gasteiger partial charge in [-0.3, -0.25) is 5.32 Å². The summed E-state index contributed by atoms with van der Waals surface area (Å²) in [5.41, 5.74) is 2.44. The fraction of sp³-hybridized carbons (Fsp3) is 0.353. The van der Waals surface area contributed by atoms with E-state index in [4.69, 9.17) is 4.74 Å². The maximum absolute atomic E-state index is 12.0. The van der Waals surface area contributed by atoms with Crippen molar-refractivity contribution in [3.8, 4) is 5.75 Å². The van der Waals surface area contributed by atoms with E-state index < -0.39 is 0 Å². The van der Waals surface area contributed by atoms with Gasteiger partial charge in [0.1, 0.15) is 5.75 Å². The summed E-state index contributed by atoms with van der Waals surface area (Å²) < 4.78 is 5.56. The van der Waals surface area contributed by atoms with Crippen LogP contribution in [-0.4, -0.2) is 38.2 Å². The summed E-state index contributed by atoms with van der Waals surface area (Å²) in [6, 6.07) is 10.0. The van der Waals surface area contributed by atoms with Gasteiger partial charge in [-0.15, -0.1) is 11.3 Å². The summed E-state index contributed by atoms with van der Waals surface area (Å²) in [7, 11) is 4.04. The molecule has 3 rings (SSSR count). The van der Waals surface area contributed by atoms with Crippen molar-refractivity contribution < 1.29 is 9.53 Å². The zero-order chi connectivity index (χ0) is 16.2. The highest BCUT2D eigenvalue weighted by atomic mass is 32.1. The Morgan fingerprint density at radius 3 is 3.00 bits per heavy atom. The van der Waals surface area contributed by atoms with Crippen LogP contribution >= 0.6 is 11.3 Å². The molecule has 2 aromatic rings. The minimum atomic E-state index is -0.177. The SMILES string of the molecule is CN(C)[C@H](CNC(=O)Nc1cccs1)c1ccc2c(c1)CCO2. The number of likely N-dealkylation sites (N-methyl/N-ethyl adjacent to an activating group) is 1. The third-order valence-electron chi connectivity index (χ3n) is 3.94. The number of fused-ring (bicyclic) bond motifs is 1. The summed E-state index contributed by atoms with van der Waals surface area (Å²) in [6.07, 6.45) is 0.954. The molecule has 0 radical (unpaired) electrons. The topological polar surface area (TPSA) is 53.6 Å². The highest BCUT2D eigenvalue weighted by Crippen LogP contribution is 2.29. The Hall–Kier alpha value is -2.05. The lowest BCUT2D eigenvalue weighted by atomic mass is 10.0.